The van der Waals surface area contributed by atoms with Crippen molar-refractivity contribution in [1.29, 1.82) is 5.26 Å². The lowest BCUT2D eigenvalue weighted by Crippen LogP contribution is -2.40. The Morgan fingerprint density at radius 1 is 1.29 bits per heavy atom. The van der Waals surface area contributed by atoms with Gasteiger partial charge in [-0.1, -0.05) is 30.3 Å². The van der Waals surface area contributed by atoms with Crippen molar-refractivity contribution in [2.75, 3.05) is 0 Å². The van der Waals surface area contributed by atoms with E-state index in [0.717, 1.165) is 5.56 Å². The van der Waals surface area contributed by atoms with Crippen LogP contribution < -0.4 is 5.32 Å². The molecule has 1 aromatic carbocycles. The van der Waals surface area contributed by atoms with Gasteiger partial charge in [-0.05, 0) is 24.8 Å². The molecule has 0 spiro atoms. The van der Waals surface area contributed by atoms with E-state index in [2.05, 4.69) is 5.32 Å². The molecule has 21 heavy (non-hydrogen) atoms. The van der Waals surface area contributed by atoms with Crippen LogP contribution >= 0.6 is 0 Å². The SMILES string of the molecule is N#CCCCC[C@H](NC(=O)OCc1ccccc1)C(=O)O. The molecule has 0 heterocycles. The Hall–Kier alpha value is -2.55. The van der Waals surface area contributed by atoms with Crippen LogP contribution in [0.1, 0.15) is 31.2 Å². The van der Waals surface area contributed by atoms with Crippen LogP contribution in [0.25, 0.3) is 0 Å². The van der Waals surface area contributed by atoms with Gasteiger partial charge in [-0.3, -0.25) is 0 Å². The molecule has 2 N–H and O–H groups in total. The number of carbonyl (C=O) groups is 2. The molecule has 112 valence electrons. The van der Waals surface area contributed by atoms with Crippen LogP contribution in [-0.4, -0.2) is 23.2 Å². The summed E-state index contributed by atoms with van der Waals surface area (Å²) in [5.41, 5.74) is 0.827. The van der Waals surface area contributed by atoms with Gasteiger partial charge >= 0.3 is 12.1 Å². The number of benzene rings is 1. The van der Waals surface area contributed by atoms with E-state index in [-0.39, 0.29) is 13.0 Å². The quantitative estimate of drug-likeness (QED) is 0.716. The fraction of sp³-hybridized carbons (Fsp3) is 0.400. The Morgan fingerprint density at radius 2 is 2.00 bits per heavy atom. The van der Waals surface area contributed by atoms with E-state index in [0.29, 0.717) is 19.3 Å². The first kappa shape index (κ1) is 16.5. The number of hydrogen-bond acceptors (Lipinski definition) is 4. The van der Waals surface area contributed by atoms with Gasteiger partial charge < -0.3 is 15.2 Å². The average Bonchev–Trinajstić information content (AvgIpc) is 2.49. The molecule has 1 amide bonds. The van der Waals surface area contributed by atoms with Crippen molar-refractivity contribution < 1.29 is 19.4 Å². The molecule has 0 unspecified atom stereocenters. The van der Waals surface area contributed by atoms with E-state index in [9.17, 15) is 9.59 Å². The van der Waals surface area contributed by atoms with E-state index in [1.54, 1.807) is 0 Å². The lowest BCUT2D eigenvalue weighted by molar-refractivity contribution is -0.139. The molecular weight excluding hydrogens is 272 g/mol. The molecular formula is C15H18N2O4. The molecule has 1 atom stereocenters. The number of carboxylic acid groups (broad SMARTS) is 1. The van der Waals surface area contributed by atoms with Crippen molar-refractivity contribution in [2.45, 2.75) is 38.3 Å². The Kier molecular flexibility index (Phi) is 7.36. The van der Waals surface area contributed by atoms with Crippen molar-refractivity contribution in [1.82, 2.24) is 5.32 Å². The van der Waals surface area contributed by atoms with Gasteiger partial charge in [0.25, 0.3) is 0 Å². The summed E-state index contributed by atoms with van der Waals surface area (Å²) in [6.07, 6.45) is 1.07. The number of aliphatic carboxylic acids is 1. The lowest BCUT2D eigenvalue weighted by atomic mass is 10.1. The fourth-order valence-corrected chi connectivity index (χ4v) is 1.72. The molecule has 1 aromatic rings. The number of hydrogen-bond donors (Lipinski definition) is 2. The summed E-state index contributed by atoms with van der Waals surface area (Å²) < 4.78 is 4.97. The van der Waals surface area contributed by atoms with Crippen LogP contribution in [0, 0.1) is 11.3 Å². The summed E-state index contributed by atoms with van der Waals surface area (Å²) in [6.45, 7) is 0.0907. The molecule has 0 aliphatic heterocycles. The Balaban J connectivity index is 2.35. The van der Waals surface area contributed by atoms with Crippen LogP contribution in [0.15, 0.2) is 30.3 Å². The minimum Gasteiger partial charge on any atom is -0.480 e. The zero-order valence-corrected chi connectivity index (χ0v) is 11.6. The highest BCUT2D eigenvalue weighted by atomic mass is 16.5. The van der Waals surface area contributed by atoms with Gasteiger partial charge in [-0.2, -0.15) is 5.26 Å². The minimum absolute atomic E-state index is 0.0907. The molecule has 0 saturated heterocycles. The third-order valence-electron chi connectivity index (χ3n) is 2.83. The molecule has 0 saturated carbocycles. The Bertz CT molecular complexity index is 496. The molecule has 0 fully saturated rings. The van der Waals surface area contributed by atoms with E-state index in [1.807, 2.05) is 36.4 Å². The second-order valence-electron chi connectivity index (χ2n) is 4.50. The predicted molar refractivity (Wildman–Crippen MR) is 75.3 cm³/mol. The summed E-state index contributed by atoms with van der Waals surface area (Å²) in [5, 5.41) is 19.8. The van der Waals surface area contributed by atoms with Crippen LogP contribution in [-0.2, 0) is 16.1 Å². The number of alkyl carbamates (subject to hydrolysis) is 1. The first-order valence-corrected chi connectivity index (χ1v) is 6.70. The third kappa shape index (κ3) is 6.97. The number of nitrogens with zero attached hydrogens (tertiary/aromatic N) is 1. The van der Waals surface area contributed by atoms with Gasteiger partial charge in [0.1, 0.15) is 12.6 Å². The largest absolute Gasteiger partial charge is 0.480 e. The van der Waals surface area contributed by atoms with Gasteiger partial charge in [0.05, 0.1) is 6.07 Å². The fourth-order valence-electron chi connectivity index (χ4n) is 1.72. The van der Waals surface area contributed by atoms with Gasteiger partial charge in [0.2, 0.25) is 0 Å². The van der Waals surface area contributed by atoms with Gasteiger partial charge in [0, 0.05) is 6.42 Å². The zero-order chi connectivity index (χ0) is 15.5. The van der Waals surface area contributed by atoms with E-state index >= 15 is 0 Å². The summed E-state index contributed by atoms with van der Waals surface area (Å²) in [4.78, 5) is 22.6. The smallest absolute Gasteiger partial charge is 0.408 e. The van der Waals surface area contributed by atoms with Crippen molar-refractivity contribution in [2.24, 2.45) is 0 Å². The molecule has 0 radical (unpaired) electrons. The maximum atomic E-state index is 11.6. The second-order valence-corrected chi connectivity index (χ2v) is 4.50. The van der Waals surface area contributed by atoms with Crippen LogP contribution in [0.2, 0.25) is 0 Å². The highest BCUT2D eigenvalue weighted by Gasteiger charge is 2.20. The molecule has 0 aliphatic carbocycles. The third-order valence-corrected chi connectivity index (χ3v) is 2.83. The topological polar surface area (TPSA) is 99.4 Å². The average molecular weight is 290 g/mol. The monoisotopic (exact) mass is 290 g/mol. The highest BCUT2D eigenvalue weighted by Crippen LogP contribution is 2.05. The summed E-state index contributed by atoms with van der Waals surface area (Å²) in [6, 6.07) is 10.1. The highest BCUT2D eigenvalue weighted by molar-refractivity contribution is 5.79. The van der Waals surface area contributed by atoms with Crippen molar-refractivity contribution >= 4 is 12.1 Å². The molecule has 1 rings (SSSR count). The number of carboxylic acids is 1. The first-order valence-electron chi connectivity index (χ1n) is 6.70. The zero-order valence-electron chi connectivity index (χ0n) is 11.6. The molecule has 0 aromatic heterocycles. The molecule has 6 nitrogen and oxygen atoms in total. The van der Waals surface area contributed by atoms with Gasteiger partial charge in [0.15, 0.2) is 0 Å². The van der Waals surface area contributed by atoms with Gasteiger partial charge in [-0.15, -0.1) is 0 Å². The van der Waals surface area contributed by atoms with Gasteiger partial charge in [-0.25, -0.2) is 9.59 Å². The first-order chi connectivity index (χ1) is 10.1. The summed E-state index contributed by atoms with van der Waals surface area (Å²) >= 11 is 0. The predicted octanol–water partition coefficient (Wildman–Crippen LogP) is 2.45. The van der Waals surface area contributed by atoms with E-state index < -0.39 is 18.1 Å². The van der Waals surface area contributed by atoms with E-state index in [1.165, 1.54) is 0 Å². The van der Waals surface area contributed by atoms with Crippen molar-refractivity contribution in [3.05, 3.63) is 35.9 Å². The normalized spacial score (nSPS) is 11.2. The van der Waals surface area contributed by atoms with Crippen molar-refractivity contribution in [3.63, 3.8) is 0 Å². The molecule has 0 aliphatic rings. The van der Waals surface area contributed by atoms with Crippen LogP contribution in [0.4, 0.5) is 4.79 Å². The Morgan fingerprint density at radius 3 is 2.62 bits per heavy atom. The minimum atomic E-state index is -1.11. The number of unbranched alkanes of at least 4 members (excludes halogenated alkanes) is 2. The second kappa shape index (κ2) is 9.37. The molecule has 6 heteroatoms. The molecule has 0 bridgehead atoms. The summed E-state index contributed by atoms with van der Waals surface area (Å²) in [5.74, 6) is -1.11. The number of amides is 1. The number of carbonyl (C=O) groups excluding carboxylic acids is 1. The summed E-state index contributed by atoms with van der Waals surface area (Å²) in [7, 11) is 0. The number of nitriles is 1. The van der Waals surface area contributed by atoms with Crippen molar-refractivity contribution in [3.8, 4) is 6.07 Å². The van der Waals surface area contributed by atoms with Crippen LogP contribution in [0.5, 0.6) is 0 Å². The number of rotatable bonds is 8. The maximum Gasteiger partial charge on any atom is 0.408 e. The Labute approximate surface area is 123 Å². The number of ether oxygens (including phenoxy) is 1. The standard InChI is InChI=1S/C15H18N2O4/c16-10-6-2-5-9-13(14(18)19)17-15(20)21-11-12-7-3-1-4-8-12/h1,3-4,7-8,13H,2,5-6,9,11H2,(H,17,20)(H,18,19)/t13-/m0/s1. The van der Waals surface area contributed by atoms with E-state index in [4.69, 9.17) is 15.1 Å². The maximum absolute atomic E-state index is 11.6. The lowest BCUT2D eigenvalue weighted by Gasteiger charge is -2.14. The van der Waals surface area contributed by atoms with Crippen LogP contribution in [0.3, 0.4) is 0 Å². The number of nitrogens with one attached hydrogen (secondary N) is 1.